The number of rotatable bonds is 3. The topological polar surface area (TPSA) is 104 Å². The standard InChI is InChI=1S/C9H11NO4/c10-7(9(13)14)8(12)5-2-1-3-6(11)4-5/h1-4,7-8,11-12H,10H2,(H,13,14)/t7-,8+/m0/s1. The molecule has 1 aromatic rings. The fourth-order valence-corrected chi connectivity index (χ4v) is 1.05. The van der Waals surface area contributed by atoms with Crippen molar-refractivity contribution in [3.63, 3.8) is 0 Å². The van der Waals surface area contributed by atoms with Crippen LogP contribution < -0.4 is 5.73 Å². The van der Waals surface area contributed by atoms with E-state index in [4.69, 9.17) is 15.9 Å². The number of hydrogen-bond donors (Lipinski definition) is 4. The molecule has 1 aromatic carbocycles. The third-order valence-electron chi connectivity index (χ3n) is 1.84. The number of carboxylic acid groups (broad SMARTS) is 1. The number of aromatic hydroxyl groups is 1. The van der Waals surface area contributed by atoms with Crippen LogP contribution in [0.4, 0.5) is 0 Å². The molecule has 5 nitrogen and oxygen atoms in total. The van der Waals surface area contributed by atoms with Gasteiger partial charge in [-0.2, -0.15) is 0 Å². The van der Waals surface area contributed by atoms with E-state index in [-0.39, 0.29) is 11.3 Å². The van der Waals surface area contributed by atoms with Gasteiger partial charge in [-0.25, -0.2) is 0 Å². The highest BCUT2D eigenvalue weighted by atomic mass is 16.4. The lowest BCUT2D eigenvalue weighted by Gasteiger charge is -2.14. The van der Waals surface area contributed by atoms with Gasteiger partial charge in [-0.05, 0) is 17.7 Å². The van der Waals surface area contributed by atoms with Crippen LogP contribution in [0.15, 0.2) is 24.3 Å². The van der Waals surface area contributed by atoms with E-state index >= 15 is 0 Å². The minimum atomic E-state index is -1.39. The Morgan fingerprint density at radius 3 is 2.57 bits per heavy atom. The van der Waals surface area contributed by atoms with Crippen molar-refractivity contribution in [2.24, 2.45) is 5.73 Å². The summed E-state index contributed by atoms with van der Waals surface area (Å²) in [6.45, 7) is 0. The summed E-state index contributed by atoms with van der Waals surface area (Å²) in [7, 11) is 0. The summed E-state index contributed by atoms with van der Waals surface area (Å²) >= 11 is 0. The van der Waals surface area contributed by atoms with Crippen LogP contribution in [0.3, 0.4) is 0 Å². The van der Waals surface area contributed by atoms with Gasteiger partial charge in [0.05, 0.1) is 0 Å². The van der Waals surface area contributed by atoms with Gasteiger partial charge in [0, 0.05) is 0 Å². The molecule has 5 heteroatoms. The van der Waals surface area contributed by atoms with Crippen LogP contribution >= 0.6 is 0 Å². The van der Waals surface area contributed by atoms with Crippen LogP contribution in [0.1, 0.15) is 11.7 Å². The predicted molar refractivity (Wildman–Crippen MR) is 48.7 cm³/mol. The Labute approximate surface area is 80.4 Å². The summed E-state index contributed by atoms with van der Waals surface area (Å²) in [4.78, 5) is 10.5. The second-order valence-corrected chi connectivity index (χ2v) is 2.90. The van der Waals surface area contributed by atoms with Gasteiger partial charge in [-0.1, -0.05) is 12.1 Å². The lowest BCUT2D eigenvalue weighted by atomic mass is 10.0. The Morgan fingerprint density at radius 2 is 2.07 bits per heavy atom. The van der Waals surface area contributed by atoms with Gasteiger partial charge >= 0.3 is 5.97 Å². The second kappa shape index (κ2) is 4.08. The van der Waals surface area contributed by atoms with E-state index < -0.39 is 18.1 Å². The second-order valence-electron chi connectivity index (χ2n) is 2.90. The lowest BCUT2D eigenvalue weighted by molar-refractivity contribution is -0.141. The predicted octanol–water partition coefficient (Wildman–Crippen LogP) is -0.163. The highest BCUT2D eigenvalue weighted by Gasteiger charge is 2.23. The van der Waals surface area contributed by atoms with E-state index in [2.05, 4.69) is 0 Å². The van der Waals surface area contributed by atoms with E-state index in [0.717, 1.165) is 0 Å². The number of aliphatic hydroxyl groups is 1. The van der Waals surface area contributed by atoms with Crippen molar-refractivity contribution in [2.75, 3.05) is 0 Å². The smallest absolute Gasteiger partial charge is 0.323 e. The average Bonchev–Trinajstić information content (AvgIpc) is 2.15. The SMILES string of the molecule is N[C@H](C(=O)O)[C@H](O)c1cccc(O)c1. The molecule has 0 amide bonds. The molecule has 0 spiro atoms. The zero-order valence-corrected chi connectivity index (χ0v) is 7.29. The molecule has 76 valence electrons. The van der Waals surface area contributed by atoms with E-state index in [0.29, 0.717) is 0 Å². The van der Waals surface area contributed by atoms with E-state index in [1.807, 2.05) is 0 Å². The maximum Gasteiger partial charge on any atom is 0.323 e. The molecule has 14 heavy (non-hydrogen) atoms. The summed E-state index contributed by atoms with van der Waals surface area (Å²) < 4.78 is 0. The first-order valence-corrected chi connectivity index (χ1v) is 3.97. The molecule has 0 heterocycles. The summed E-state index contributed by atoms with van der Waals surface area (Å²) in [6.07, 6.45) is -1.32. The zero-order valence-electron chi connectivity index (χ0n) is 7.29. The van der Waals surface area contributed by atoms with Crippen molar-refractivity contribution >= 4 is 5.97 Å². The summed E-state index contributed by atoms with van der Waals surface area (Å²) in [5, 5.41) is 27.1. The fourth-order valence-electron chi connectivity index (χ4n) is 1.05. The molecule has 2 atom stereocenters. The van der Waals surface area contributed by atoms with Gasteiger partial charge in [-0.3, -0.25) is 4.79 Å². The van der Waals surface area contributed by atoms with E-state index in [1.165, 1.54) is 24.3 Å². The van der Waals surface area contributed by atoms with Crippen molar-refractivity contribution in [3.05, 3.63) is 29.8 Å². The Hall–Kier alpha value is -1.59. The quantitative estimate of drug-likeness (QED) is 0.539. The normalized spacial score (nSPS) is 14.7. The first kappa shape index (κ1) is 10.5. The van der Waals surface area contributed by atoms with Gasteiger partial charge in [0.1, 0.15) is 17.9 Å². The van der Waals surface area contributed by atoms with Crippen molar-refractivity contribution < 1.29 is 20.1 Å². The minimum Gasteiger partial charge on any atom is -0.508 e. The highest BCUT2D eigenvalue weighted by Crippen LogP contribution is 2.19. The Bertz CT molecular complexity index is 339. The minimum absolute atomic E-state index is 0.0425. The third kappa shape index (κ3) is 2.21. The molecule has 1 rings (SSSR count). The monoisotopic (exact) mass is 197 g/mol. The van der Waals surface area contributed by atoms with Gasteiger partial charge in [0.25, 0.3) is 0 Å². The van der Waals surface area contributed by atoms with Crippen molar-refractivity contribution in [2.45, 2.75) is 12.1 Å². The van der Waals surface area contributed by atoms with Crippen molar-refractivity contribution in [3.8, 4) is 5.75 Å². The summed E-state index contributed by atoms with van der Waals surface area (Å²) in [6, 6.07) is 4.29. The number of carboxylic acids is 1. The number of phenolic OH excluding ortho intramolecular Hbond substituents is 1. The molecular formula is C9H11NO4. The molecular weight excluding hydrogens is 186 g/mol. The molecule has 0 aliphatic carbocycles. The first-order valence-electron chi connectivity index (χ1n) is 3.97. The highest BCUT2D eigenvalue weighted by molar-refractivity contribution is 5.74. The lowest BCUT2D eigenvalue weighted by Crippen LogP contribution is -2.36. The van der Waals surface area contributed by atoms with E-state index in [9.17, 15) is 9.90 Å². The zero-order chi connectivity index (χ0) is 10.7. The summed E-state index contributed by atoms with van der Waals surface area (Å²) in [5.41, 5.74) is 5.49. The number of hydrogen-bond acceptors (Lipinski definition) is 4. The first-order chi connectivity index (χ1) is 6.52. The van der Waals surface area contributed by atoms with Crippen LogP contribution in [-0.2, 0) is 4.79 Å². The van der Waals surface area contributed by atoms with Crippen LogP contribution in [0.2, 0.25) is 0 Å². The van der Waals surface area contributed by atoms with Gasteiger partial charge < -0.3 is 21.1 Å². The Morgan fingerprint density at radius 1 is 1.43 bits per heavy atom. The van der Waals surface area contributed by atoms with Crippen molar-refractivity contribution in [1.82, 2.24) is 0 Å². The third-order valence-corrected chi connectivity index (χ3v) is 1.84. The molecule has 0 aromatic heterocycles. The van der Waals surface area contributed by atoms with Crippen molar-refractivity contribution in [1.29, 1.82) is 0 Å². The molecule has 5 N–H and O–H groups in total. The molecule has 0 unspecified atom stereocenters. The molecule has 0 bridgehead atoms. The molecule has 0 aliphatic heterocycles. The van der Waals surface area contributed by atoms with Gasteiger partial charge in [-0.15, -0.1) is 0 Å². The Kier molecular flexibility index (Phi) is 3.06. The number of phenols is 1. The van der Waals surface area contributed by atoms with Crippen LogP contribution in [0.5, 0.6) is 5.75 Å². The number of carbonyl (C=O) groups is 1. The largest absolute Gasteiger partial charge is 0.508 e. The van der Waals surface area contributed by atoms with Gasteiger partial charge in [0.15, 0.2) is 0 Å². The molecule has 0 radical (unpaired) electrons. The molecule has 0 aliphatic rings. The van der Waals surface area contributed by atoms with Crippen LogP contribution in [-0.4, -0.2) is 27.3 Å². The molecule has 0 saturated heterocycles. The number of benzene rings is 1. The number of nitrogens with two attached hydrogens (primary N) is 1. The maximum absolute atomic E-state index is 10.5. The van der Waals surface area contributed by atoms with Crippen LogP contribution in [0, 0.1) is 0 Å². The fraction of sp³-hybridized carbons (Fsp3) is 0.222. The van der Waals surface area contributed by atoms with Gasteiger partial charge in [0.2, 0.25) is 0 Å². The summed E-state index contributed by atoms with van der Waals surface area (Å²) in [5.74, 6) is -1.33. The Balaban J connectivity index is 2.89. The van der Waals surface area contributed by atoms with E-state index in [1.54, 1.807) is 0 Å². The number of aliphatic carboxylic acids is 1. The average molecular weight is 197 g/mol. The maximum atomic E-state index is 10.5. The molecule has 0 saturated carbocycles. The van der Waals surface area contributed by atoms with Crippen LogP contribution in [0.25, 0.3) is 0 Å². The number of aliphatic hydroxyl groups excluding tert-OH is 1. The molecule has 0 fully saturated rings.